The van der Waals surface area contributed by atoms with Gasteiger partial charge in [0.15, 0.2) is 23.7 Å². The van der Waals surface area contributed by atoms with Crippen LogP contribution in [0.4, 0.5) is 0 Å². The zero-order chi connectivity index (χ0) is 25.0. The van der Waals surface area contributed by atoms with Crippen molar-refractivity contribution in [3.05, 3.63) is 23.0 Å². The Morgan fingerprint density at radius 1 is 0.771 bits per heavy atom. The maximum Gasteiger partial charge on any atom is 2.00 e. The number of rotatable bonds is 8. The molecule has 0 saturated carbocycles. The van der Waals surface area contributed by atoms with Gasteiger partial charge in [0.2, 0.25) is 0 Å². The summed E-state index contributed by atoms with van der Waals surface area (Å²) in [5.41, 5.74) is 0. The van der Waals surface area contributed by atoms with Crippen molar-refractivity contribution in [2.24, 2.45) is 0 Å². The molecule has 0 saturated heterocycles. The van der Waals surface area contributed by atoms with E-state index in [2.05, 4.69) is 17.8 Å². The number of hydrogen-bond acceptors (Lipinski definition) is 18. The molecular formula is C12H18BaO20S2. The monoisotopic (exact) mass is 684 g/mol. The van der Waals surface area contributed by atoms with Gasteiger partial charge >= 0.3 is 60.8 Å². The van der Waals surface area contributed by atoms with Crippen molar-refractivity contribution in [3.63, 3.8) is 0 Å². The van der Waals surface area contributed by atoms with Gasteiger partial charge in [0.25, 0.3) is 32.3 Å². The molecule has 2 heterocycles. The van der Waals surface area contributed by atoms with E-state index in [4.69, 9.17) is 20.4 Å². The molecule has 2 aliphatic heterocycles. The van der Waals surface area contributed by atoms with Crippen LogP contribution < -0.4 is 0 Å². The van der Waals surface area contributed by atoms with E-state index in [1.807, 2.05) is 0 Å². The summed E-state index contributed by atoms with van der Waals surface area (Å²) in [5, 5.41) is 53.6. The topological polar surface area (TPSA) is 370 Å². The van der Waals surface area contributed by atoms with Gasteiger partial charge in [0.05, 0.1) is 13.2 Å². The Balaban J connectivity index is -0.000000539. The van der Waals surface area contributed by atoms with Gasteiger partial charge in [-0.05, 0) is 0 Å². The zero-order valence-corrected chi connectivity index (χ0v) is 22.9. The summed E-state index contributed by atoms with van der Waals surface area (Å²) in [6.07, 6.45) is -6.62. The summed E-state index contributed by atoms with van der Waals surface area (Å²) in [5.74, 6) is -7.40. The normalized spacial score (nSPS) is 21.2. The number of aliphatic hydroxyl groups excluding tert-OH is 6. The first-order chi connectivity index (χ1) is 14.5. The fourth-order valence-corrected chi connectivity index (χ4v) is 2.70. The number of ether oxygens (including phenoxy) is 2. The van der Waals surface area contributed by atoms with Crippen molar-refractivity contribution >= 4 is 81.6 Å². The Morgan fingerprint density at radius 3 is 1.23 bits per heavy atom. The number of hydrogen-bond donors (Lipinski definition) is 6. The van der Waals surface area contributed by atoms with Gasteiger partial charge in [0.1, 0.15) is 12.2 Å². The van der Waals surface area contributed by atoms with Gasteiger partial charge < -0.3 is 68.5 Å². The van der Waals surface area contributed by atoms with E-state index in [1.165, 1.54) is 0 Å². The minimum atomic E-state index is -5.24. The molecule has 35 heavy (non-hydrogen) atoms. The van der Waals surface area contributed by atoms with E-state index < -0.39 is 93.4 Å². The molecule has 0 spiro atoms. The van der Waals surface area contributed by atoms with Crippen LogP contribution in [0.3, 0.4) is 0 Å². The average Bonchev–Trinajstić information content (AvgIpc) is 3.10. The number of carbonyl (C=O) groups is 2. The van der Waals surface area contributed by atoms with Crippen LogP contribution in [0.25, 0.3) is 0 Å². The third-order valence-corrected chi connectivity index (χ3v) is 4.03. The molecule has 0 aromatic carbocycles. The van der Waals surface area contributed by atoms with Gasteiger partial charge in [-0.3, -0.25) is 0 Å². The molecule has 2 aliphatic rings. The third-order valence-electron chi connectivity index (χ3n) is 3.29. The van der Waals surface area contributed by atoms with Crippen LogP contribution in [-0.4, -0.2) is 166 Å². The minimum Gasteiger partial charge on any atom is -0.716 e. The van der Waals surface area contributed by atoms with Crippen molar-refractivity contribution in [3.8, 4) is 0 Å². The second-order valence-electron chi connectivity index (χ2n) is 5.56. The average molecular weight is 684 g/mol. The molecule has 200 valence electrons. The second kappa shape index (κ2) is 15.1. The summed E-state index contributed by atoms with van der Waals surface area (Å²) in [6, 6.07) is 0. The Labute approximate surface area is 235 Å². The summed E-state index contributed by atoms with van der Waals surface area (Å²) >= 11 is 0. The first-order valence-electron chi connectivity index (χ1n) is 7.69. The van der Waals surface area contributed by atoms with E-state index in [0.29, 0.717) is 0 Å². The van der Waals surface area contributed by atoms with Gasteiger partial charge in [-0.15, -0.1) is 0 Å². The summed E-state index contributed by atoms with van der Waals surface area (Å²) < 4.78 is 76.9. The minimum absolute atomic E-state index is 0. The molecule has 0 aromatic heterocycles. The molecule has 0 radical (unpaired) electrons. The predicted molar refractivity (Wildman–Crippen MR) is 99.8 cm³/mol. The smallest absolute Gasteiger partial charge is 0.716 e. The van der Waals surface area contributed by atoms with Crippen molar-refractivity contribution in [2.45, 2.75) is 24.4 Å². The molecule has 23 heteroatoms. The largest absolute Gasteiger partial charge is 2.00 e. The zero-order valence-electron chi connectivity index (χ0n) is 16.8. The van der Waals surface area contributed by atoms with Gasteiger partial charge in [-0.1, -0.05) is 0 Å². The number of esters is 2. The van der Waals surface area contributed by atoms with Crippen molar-refractivity contribution < 1.29 is 95.0 Å². The van der Waals surface area contributed by atoms with Crippen molar-refractivity contribution in [2.75, 3.05) is 13.2 Å². The third kappa shape index (κ3) is 11.1. The van der Waals surface area contributed by atoms with Crippen LogP contribution >= 0.6 is 0 Å². The Bertz CT molecular complexity index is 933. The molecular weight excluding hydrogens is 666 g/mol. The summed E-state index contributed by atoms with van der Waals surface area (Å²) in [6.45, 7) is -1.70. The SMILES string of the molecule is O.O.O=C1O[C@H]([C@@H](O)CO)C(O)=C1OS(=O)(=O)[O-].O=C1O[C@H]([C@@H](O)CO)C(O)=C1OS(=O)(=O)[O-].[Ba+2]. The number of aliphatic hydroxyl groups is 6. The molecule has 2 rings (SSSR count). The van der Waals surface area contributed by atoms with Gasteiger partial charge in [0, 0.05) is 0 Å². The van der Waals surface area contributed by atoms with Crippen LogP contribution in [0.1, 0.15) is 0 Å². The molecule has 0 amide bonds. The summed E-state index contributed by atoms with van der Waals surface area (Å²) in [7, 11) is -10.5. The van der Waals surface area contributed by atoms with Crippen molar-refractivity contribution in [1.82, 2.24) is 0 Å². The first-order valence-corrected chi connectivity index (χ1v) is 10.4. The first kappa shape index (κ1) is 38.3. The fraction of sp³-hybridized carbons (Fsp3) is 0.500. The Morgan fingerprint density at radius 2 is 1.03 bits per heavy atom. The molecule has 0 unspecified atom stereocenters. The van der Waals surface area contributed by atoms with E-state index >= 15 is 0 Å². The van der Waals surface area contributed by atoms with Crippen LogP contribution in [0, 0.1) is 0 Å². The van der Waals surface area contributed by atoms with Crippen LogP contribution in [0.2, 0.25) is 0 Å². The summed E-state index contributed by atoms with van der Waals surface area (Å²) in [4.78, 5) is 21.9. The molecule has 4 atom stereocenters. The van der Waals surface area contributed by atoms with E-state index in [0.717, 1.165) is 0 Å². The van der Waals surface area contributed by atoms with Crippen LogP contribution in [0.5, 0.6) is 0 Å². The fourth-order valence-electron chi connectivity index (χ4n) is 1.99. The predicted octanol–water partition coefficient (Wildman–Crippen LogP) is -7.01. The molecule has 0 fully saturated rings. The van der Waals surface area contributed by atoms with Crippen molar-refractivity contribution in [1.29, 1.82) is 0 Å². The molecule has 10 N–H and O–H groups in total. The van der Waals surface area contributed by atoms with Gasteiger partial charge in [-0.25, -0.2) is 26.4 Å². The molecule has 20 nitrogen and oxygen atoms in total. The maximum atomic E-state index is 10.9. The van der Waals surface area contributed by atoms with Crippen LogP contribution in [-0.2, 0) is 48.2 Å². The van der Waals surface area contributed by atoms with E-state index in [-0.39, 0.29) is 59.8 Å². The number of cyclic esters (lactones) is 2. The second-order valence-corrected chi connectivity index (χ2v) is 7.53. The Hall–Kier alpha value is -1.23. The quantitative estimate of drug-likeness (QED) is 0.0598. The number of carbonyl (C=O) groups excluding carboxylic acids is 2. The van der Waals surface area contributed by atoms with Gasteiger partial charge in [-0.2, -0.15) is 0 Å². The Kier molecular flexibility index (Phi) is 16.5. The maximum absolute atomic E-state index is 10.9. The standard InChI is InChI=1S/2C6H8O9S.Ba.2H2O/c2*7-1-2(8)4-3(9)5(6(10)14-4)15-16(11,12)13;;;/h2*2,4,7-9H,1H2,(H,11,12,13);;2*1H2/q;;+2;;/p-2/t2*2-,4+;;;/m00.../s1. The van der Waals surface area contributed by atoms with E-state index in [9.17, 15) is 45.7 Å². The molecule has 0 bridgehead atoms. The van der Waals surface area contributed by atoms with E-state index in [1.54, 1.807) is 0 Å². The molecule has 0 aromatic rings. The van der Waals surface area contributed by atoms with Crippen LogP contribution in [0.15, 0.2) is 23.0 Å². The molecule has 0 aliphatic carbocycles.